The van der Waals surface area contributed by atoms with E-state index in [2.05, 4.69) is 31.0 Å². The van der Waals surface area contributed by atoms with E-state index in [1.54, 1.807) is 0 Å². The van der Waals surface area contributed by atoms with Gasteiger partial charge in [0.05, 0.1) is 0 Å². The van der Waals surface area contributed by atoms with Gasteiger partial charge in [-0.05, 0) is 31.6 Å². The minimum atomic E-state index is 0.686. The Balaban J connectivity index is 1.84. The molecule has 18 heavy (non-hydrogen) atoms. The summed E-state index contributed by atoms with van der Waals surface area (Å²) in [6, 6.07) is 1.37. The Morgan fingerprint density at radius 2 is 2.06 bits per heavy atom. The summed E-state index contributed by atoms with van der Waals surface area (Å²) in [4.78, 5) is 2.71. The predicted octanol–water partition coefficient (Wildman–Crippen LogP) is 2.12. The lowest BCUT2D eigenvalue weighted by molar-refractivity contribution is 0.0345. The van der Waals surface area contributed by atoms with Crippen LogP contribution in [0.3, 0.4) is 0 Å². The predicted molar refractivity (Wildman–Crippen MR) is 75.8 cm³/mol. The number of ether oxygens (including phenoxy) is 1. The van der Waals surface area contributed by atoms with Gasteiger partial charge < -0.3 is 10.1 Å². The third-order valence-corrected chi connectivity index (χ3v) is 4.89. The van der Waals surface area contributed by atoms with E-state index in [9.17, 15) is 0 Å². The molecule has 3 unspecified atom stereocenters. The lowest BCUT2D eigenvalue weighted by atomic mass is 9.93. The number of nitrogens with one attached hydrogen (secondary N) is 1. The van der Waals surface area contributed by atoms with Crippen LogP contribution in [0.2, 0.25) is 0 Å². The zero-order valence-electron chi connectivity index (χ0n) is 12.3. The van der Waals surface area contributed by atoms with Crippen LogP contribution in [0.15, 0.2) is 0 Å². The Morgan fingerprint density at radius 3 is 2.72 bits per heavy atom. The highest BCUT2D eigenvalue weighted by Gasteiger charge is 2.29. The molecule has 106 valence electrons. The van der Waals surface area contributed by atoms with Gasteiger partial charge in [-0.15, -0.1) is 0 Å². The average Bonchev–Trinajstić information content (AvgIpc) is 2.41. The Labute approximate surface area is 112 Å². The van der Waals surface area contributed by atoms with Crippen LogP contribution in [0.1, 0.15) is 40.0 Å². The summed E-state index contributed by atoms with van der Waals surface area (Å²) in [6.07, 6.45) is 3.78. The fraction of sp³-hybridized carbons (Fsp3) is 1.00. The maximum absolute atomic E-state index is 5.46. The lowest BCUT2D eigenvalue weighted by Gasteiger charge is -2.42. The third kappa shape index (κ3) is 3.69. The van der Waals surface area contributed by atoms with Crippen molar-refractivity contribution in [1.82, 2.24) is 10.2 Å². The van der Waals surface area contributed by atoms with Crippen molar-refractivity contribution in [2.75, 3.05) is 32.8 Å². The summed E-state index contributed by atoms with van der Waals surface area (Å²) in [5.74, 6) is 1.64. The van der Waals surface area contributed by atoms with Crippen molar-refractivity contribution >= 4 is 0 Å². The van der Waals surface area contributed by atoms with E-state index < -0.39 is 0 Å². The highest BCUT2D eigenvalue weighted by atomic mass is 16.5. The molecule has 0 radical (unpaired) electrons. The van der Waals surface area contributed by atoms with Crippen LogP contribution in [0.5, 0.6) is 0 Å². The maximum atomic E-state index is 5.46. The molecule has 2 saturated heterocycles. The fourth-order valence-electron chi connectivity index (χ4n) is 3.13. The van der Waals surface area contributed by atoms with Gasteiger partial charge in [-0.25, -0.2) is 0 Å². The first-order valence-corrected chi connectivity index (χ1v) is 7.75. The van der Waals surface area contributed by atoms with Crippen molar-refractivity contribution in [1.29, 1.82) is 0 Å². The first kappa shape index (κ1) is 14.3. The molecule has 0 bridgehead atoms. The fourth-order valence-corrected chi connectivity index (χ4v) is 3.13. The Kier molecular flexibility index (Phi) is 5.46. The van der Waals surface area contributed by atoms with Crippen molar-refractivity contribution < 1.29 is 4.74 Å². The molecule has 2 heterocycles. The van der Waals surface area contributed by atoms with Gasteiger partial charge in [0.2, 0.25) is 0 Å². The quantitative estimate of drug-likeness (QED) is 0.832. The molecular formula is C15H30N2O. The van der Waals surface area contributed by atoms with E-state index >= 15 is 0 Å². The zero-order chi connectivity index (χ0) is 13.0. The van der Waals surface area contributed by atoms with Crippen LogP contribution in [-0.4, -0.2) is 49.8 Å². The third-order valence-electron chi connectivity index (χ3n) is 4.89. The molecule has 3 atom stereocenters. The second kappa shape index (κ2) is 6.88. The van der Waals surface area contributed by atoms with E-state index in [1.165, 1.54) is 32.4 Å². The Morgan fingerprint density at radius 1 is 1.33 bits per heavy atom. The van der Waals surface area contributed by atoms with Crippen molar-refractivity contribution in [3.05, 3.63) is 0 Å². The average molecular weight is 254 g/mol. The molecule has 3 heteroatoms. The normalized spacial score (nSPS) is 33.5. The van der Waals surface area contributed by atoms with Crippen LogP contribution in [0.25, 0.3) is 0 Å². The van der Waals surface area contributed by atoms with Crippen LogP contribution < -0.4 is 5.32 Å². The first-order chi connectivity index (χ1) is 8.70. The van der Waals surface area contributed by atoms with E-state index in [0.29, 0.717) is 12.1 Å². The largest absolute Gasteiger partial charge is 0.381 e. The lowest BCUT2D eigenvalue weighted by Crippen LogP contribution is -2.58. The summed E-state index contributed by atoms with van der Waals surface area (Å²) < 4.78 is 5.46. The molecule has 0 amide bonds. The smallest absolute Gasteiger partial charge is 0.0469 e. The molecule has 0 spiro atoms. The summed E-state index contributed by atoms with van der Waals surface area (Å²) in [5.41, 5.74) is 0. The van der Waals surface area contributed by atoms with Crippen molar-refractivity contribution in [2.24, 2.45) is 11.8 Å². The molecule has 0 saturated carbocycles. The second-order valence-corrected chi connectivity index (χ2v) is 6.26. The van der Waals surface area contributed by atoms with Gasteiger partial charge in [-0.1, -0.05) is 20.3 Å². The topological polar surface area (TPSA) is 24.5 Å². The molecule has 0 aliphatic carbocycles. The standard InChI is InChI=1S/C15H30N2O/c1-4-12(2)15-11-17(13(3)9-16-15)10-14-5-7-18-8-6-14/h12-16H,4-11H2,1-3H3. The molecule has 1 N–H and O–H groups in total. The van der Waals surface area contributed by atoms with Gasteiger partial charge in [0, 0.05) is 44.9 Å². The van der Waals surface area contributed by atoms with E-state index in [4.69, 9.17) is 4.74 Å². The van der Waals surface area contributed by atoms with Gasteiger partial charge in [0.25, 0.3) is 0 Å². The van der Waals surface area contributed by atoms with Crippen molar-refractivity contribution in [2.45, 2.75) is 52.1 Å². The first-order valence-electron chi connectivity index (χ1n) is 7.75. The zero-order valence-corrected chi connectivity index (χ0v) is 12.3. The minimum absolute atomic E-state index is 0.686. The number of nitrogens with zero attached hydrogens (tertiary/aromatic N) is 1. The van der Waals surface area contributed by atoms with Gasteiger partial charge in [0.15, 0.2) is 0 Å². The molecular weight excluding hydrogens is 224 g/mol. The number of piperazine rings is 1. The molecule has 0 aromatic rings. The SMILES string of the molecule is CCC(C)C1CN(CC2CCOCC2)C(C)CN1. The summed E-state index contributed by atoms with van der Waals surface area (Å²) >= 11 is 0. The Bertz CT molecular complexity index is 239. The molecule has 2 aliphatic heterocycles. The van der Waals surface area contributed by atoms with E-state index in [0.717, 1.165) is 31.6 Å². The van der Waals surface area contributed by atoms with Crippen LogP contribution in [0, 0.1) is 11.8 Å². The van der Waals surface area contributed by atoms with Crippen molar-refractivity contribution in [3.8, 4) is 0 Å². The van der Waals surface area contributed by atoms with Gasteiger partial charge in [-0.3, -0.25) is 4.90 Å². The van der Waals surface area contributed by atoms with E-state index in [-0.39, 0.29) is 0 Å². The molecule has 0 aromatic carbocycles. The minimum Gasteiger partial charge on any atom is -0.381 e. The molecule has 0 aromatic heterocycles. The molecule has 3 nitrogen and oxygen atoms in total. The highest BCUT2D eigenvalue weighted by molar-refractivity contribution is 4.87. The monoisotopic (exact) mass is 254 g/mol. The van der Waals surface area contributed by atoms with Crippen LogP contribution in [0.4, 0.5) is 0 Å². The highest BCUT2D eigenvalue weighted by Crippen LogP contribution is 2.21. The number of hydrogen-bond acceptors (Lipinski definition) is 3. The maximum Gasteiger partial charge on any atom is 0.0469 e. The van der Waals surface area contributed by atoms with Gasteiger partial charge in [0.1, 0.15) is 0 Å². The van der Waals surface area contributed by atoms with Crippen LogP contribution in [-0.2, 0) is 4.74 Å². The van der Waals surface area contributed by atoms with Gasteiger partial charge in [-0.2, -0.15) is 0 Å². The van der Waals surface area contributed by atoms with Crippen molar-refractivity contribution in [3.63, 3.8) is 0 Å². The van der Waals surface area contributed by atoms with Crippen LogP contribution >= 0.6 is 0 Å². The number of rotatable bonds is 4. The second-order valence-electron chi connectivity index (χ2n) is 6.26. The molecule has 2 rings (SSSR count). The van der Waals surface area contributed by atoms with E-state index in [1.807, 2.05) is 0 Å². The summed E-state index contributed by atoms with van der Waals surface area (Å²) in [7, 11) is 0. The van der Waals surface area contributed by atoms with Gasteiger partial charge >= 0.3 is 0 Å². The molecule has 2 fully saturated rings. The summed E-state index contributed by atoms with van der Waals surface area (Å²) in [5, 5.41) is 3.72. The number of hydrogen-bond donors (Lipinski definition) is 1. The molecule has 2 aliphatic rings. The Hall–Kier alpha value is -0.120. The summed E-state index contributed by atoms with van der Waals surface area (Å²) in [6.45, 7) is 12.6.